The Morgan fingerprint density at radius 3 is 2.47 bits per heavy atom. The van der Waals surface area contributed by atoms with Crippen molar-refractivity contribution in [3.8, 4) is 16.3 Å². The van der Waals surface area contributed by atoms with E-state index in [4.69, 9.17) is 16.3 Å². The Morgan fingerprint density at radius 2 is 1.91 bits per heavy atom. The van der Waals surface area contributed by atoms with Crippen molar-refractivity contribution >= 4 is 49.7 Å². The first-order chi connectivity index (χ1) is 15.1. The highest BCUT2D eigenvalue weighted by Gasteiger charge is 2.32. The van der Waals surface area contributed by atoms with Crippen LogP contribution in [-0.2, 0) is 14.8 Å². The smallest absolute Gasteiger partial charge is 0.250 e. The van der Waals surface area contributed by atoms with E-state index >= 15 is 0 Å². The summed E-state index contributed by atoms with van der Waals surface area (Å²) in [6, 6.07) is 11.3. The first kappa shape index (κ1) is 24.0. The molecule has 0 radical (unpaired) electrons. The fraction of sp³-hybridized carbons (Fsp3) is 0.286. The van der Waals surface area contributed by atoms with Gasteiger partial charge in [0.1, 0.15) is 16.8 Å². The Bertz CT molecular complexity index is 1210. The van der Waals surface area contributed by atoms with Gasteiger partial charge >= 0.3 is 0 Å². The van der Waals surface area contributed by atoms with Gasteiger partial charge in [-0.15, -0.1) is 10.2 Å². The molecule has 0 aliphatic rings. The van der Waals surface area contributed by atoms with Crippen molar-refractivity contribution in [1.29, 1.82) is 0 Å². The molecule has 0 fully saturated rings. The van der Waals surface area contributed by atoms with Gasteiger partial charge in [-0.2, -0.15) is 0 Å². The topological polar surface area (TPSA) is 101 Å². The Kier molecular flexibility index (Phi) is 7.37. The fourth-order valence-electron chi connectivity index (χ4n) is 3.13. The summed E-state index contributed by atoms with van der Waals surface area (Å²) in [5.41, 5.74) is 2.27. The molecular formula is C21H23ClN4O4S2. The van der Waals surface area contributed by atoms with Gasteiger partial charge in [-0.05, 0) is 31.5 Å². The molecule has 11 heteroatoms. The molecule has 32 heavy (non-hydrogen) atoms. The molecule has 1 amide bonds. The Hall–Kier alpha value is -2.69. The number of ether oxygens (including phenoxy) is 1. The van der Waals surface area contributed by atoms with E-state index in [1.165, 1.54) is 24.5 Å². The normalized spacial score (nSPS) is 12.3. The first-order valence-corrected chi connectivity index (χ1v) is 12.7. The largest absolute Gasteiger partial charge is 0.495 e. The third-order valence-corrected chi connectivity index (χ3v) is 7.04. The first-order valence-electron chi connectivity index (χ1n) is 9.68. The molecule has 8 nitrogen and oxygen atoms in total. The highest BCUT2D eigenvalue weighted by atomic mass is 35.5. The Balaban J connectivity index is 1.87. The quantitative estimate of drug-likeness (QED) is 0.499. The monoisotopic (exact) mass is 494 g/mol. The average molecular weight is 495 g/mol. The molecule has 0 aliphatic carbocycles. The number of aryl methyl sites for hydroxylation is 1. The van der Waals surface area contributed by atoms with Crippen LogP contribution in [0.25, 0.3) is 10.6 Å². The second-order valence-corrected chi connectivity index (χ2v) is 10.3. The van der Waals surface area contributed by atoms with Crippen LogP contribution in [0.3, 0.4) is 0 Å². The number of aromatic nitrogens is 2. The molecule has 170 valence electrons. The second kappa shape index (κ2) is 9.85. The number of sulfonamides is 1. The van der Waals surface area contributed by atoms with Crippen LogP contribution in [0.4, 0.5) is 10.8 Å². The van der Waals surface area contributed by atoms with Crippen LogP contribution in [0.1, 0.15) is 18.9 Å². The summed E-state index contributed by atoms with van der Waals surface area (Å²) < 4.78 is 31.4. The van der Waals surface area contributed by atoms with Gasteiger partial charge in [0.25, 0.3) is 0 Å². The highest BCUT2D eigenvalue weighted by molar-refractivity contribution is 7.92. The average Bonchev–Trinajstić information content (AvgIpc) is 3.19. The third-order valence-electron chi connectivity index (χ3n) is 4.67. The van der Waals surface area contributed by atoms with Crippen LogP contribution in [0.15, 0.2) is 42.5 Å². The SMILES string of the molecule is CC[C@@H](C(=O)Nc1nnc(-c2ccc(C)cc2)s1)N(c1ccc(OC)c(Cl)c1)S(C)(=O)=O. The van der Waals surface area contributed by atoms with Gasteiger partial charge in [0.05, 0.1) is 24.1 Å². The van der Waals surface area contributed by atoms with Crippen LogP contribution in [-0.4, -0.2) is 43.9 Å². The second-order valence-electron chi connectivity index (χ2n) is 7.07. The van der Waals surface area contributed by atoms with Gasteiger partial charge in [-0.25, -0.2) is 8.42 Å². The number of carbonyl (C=O) groups is 1. The molecule has 1 N–H and O–H groups in total. The van der Waals surface area contributed by atoms with Gasteiger partial charge in [-0.3, -0.25) is 14.4 Å². The molecule has 0 spiro atoms. The lowest BCUT2D eigenvalue weighted by Crippen LogP contribution is -2.47. The number of amides is 1. The number of hydrogen-bond acceptors (Lipinski definition) is 7. The van der Waals surface area contributed by atoms with Gasteiger partial charge in [0.2, 0.25) is 21.1 Å². The Morgan fingerprint density at radius 1 is 1.22 bits per heavy atom. The lowest BCUT2D eigenvalue weighted by molar-refractivity contribution is -0.117. The van der Waals surface area contributed by atoms with Crippen molar-refractivity contribution in [2.45, 2.75) is 26.3 Å². The van der Waals surface area contributed by atoms with Crippen molar-refractivity contribution in [3.63, 3.8) is 0 Å². The van der Waals surface area contributed by atoms with Crippen molar-refractivity contribution in [3.05, 3.63) is 53.1 Å². The summed E-state index contributed by atoms with van der Waals surface area (Å²) in [6.07, 6.45) is 1.27. The zero-order chi connectivity index (χ0) is 23.5. The van der Waals surface area contributed by atoms with Crippen LogP contribution in [0.5, 0.6) is 5.75 Å². The van der Waals surface area contributed by atoms with E-state index in [1.807, 2.05) is 31.2 Å². The van der Waals surface area contributed by atoms with Crippen LogP contribution < -0.4 is 14.4 Å². The van der Waals surface area contributed by atoms with E-state index in [1.54, 1.807) is 19.1 Å². The Labute approximate surface area is 196 Å². The lowest BCUT2D eigenvalue weighted by Gasteiger charge is -2.30. The summed E-state index contributed by atoms with van der Waals surface area (Å²) in [5, 5.41) is 12.0. The van der Waals surface area contributed by atoms with E-state index in [9.17, 15) is 13.2 Å². The number of hydrogen-bond donors (Lipinski definition) is 1. The van der Waals surface area contributed by atoms with Crippen molar-refractivity contribution < 1.29 is 17.9 Å². The van der Waals surface area contributed by atoms with Gasteiger partial charge in [0.15, 0.2) is 0 Å². The summed E-state index contributed by atoms with van der Waals surface area (Å²) in [6.45, 7) is 3.72. The minimum atomic E-state index is -3.80. The molecule has 1 aromatic heterocycles. The van der Waals surface area contributed by atoms with E-state index in [2.05, 4.69) is 15.5 Å². The molecule has 3 rings (SSSR count). The maximum absolute atomic E-state index is 13.1. The maximum atomic E-state index is 13.1. The predicted molar refractivity (Wildman–Crippen MR) is 128 cm³/mol. The number of benzene rings is 2. The number of carbonyl (C=O) groups excluding carboxylic acids is 1. The molecule has 0 unspecified atom stereocenters. The third kappa shape index (κ3) is 5.37. The summed E-state index contributed by atoms with van der Waals surface area (Å²) >= 11 is 7.40. The van der Waals surface area contributed by atoms with Gasteiger partial charge in [-0.1, -0.05) is 59.7 Å². The minimum absolute atomic E-state index is 0.228. The van der Waals surface area contributed by atoms with Crippen LogP contribution in [0, 0.1) is 6.92 Å². The van der Waals surface area contributed by atoms with Gasteiger partial charge in [0, 0.05) is 5.56 Å². The van der Waals surface area contributed by atoms with Crippen LogP contribution in [0.2, 0.25) is 5.02 Å². The number of halogens is 1. The van der Waals surface area contributed by atoms with Gasteiger partial charge < -0.3 is 4.74 Å². The van der Waals surface area contributed by atoms with E-state index in [-0.39, 0.29) is 22.3 Å². The van der Waals surface area contributed by atoms with E-state index in [0.717, 1.165) is 21.7 Å². The molecular weight excluding hydrogens is 472 g/mol. The zero-order valence-corrected chi connectivity index (χ0v) is 20.4. The predicted octanol–water partition coefficient (Wildman–Crippen LogP) is 4.36. The number of anilines is 2. The fourth-order valence-corrected chi connectivity index (χ4v) is 5.34. The molecule has 3 aromatic rings. The lowest BCUT2D eigenvalue weighted by atomic mass is 10.2. The number of nitrogens with one attached hydrogen (secondary N) is 1. The molecule has 0 saturated heterocycles. The highest BCUT2D eigenvalue weighted by Crippen LogP contribution is 2.32. The molecule has 0 bridgehead atoms. The number of methoxy groups -OCH3 is 1. The van der Waals surface area contributed by atoms with E-state index in [0.29, 0.717) is 10.8 Å². The van der Waals surface area contributed by atoms with Crippen molar-refractivity contribution in [2.75, 3.05) is 23.0 Å². The molecule has 0 aliphatic heterocycles. The number of rotatable bonds is 8. The maximum Gasteiger partial charge on any atom is 0.250 e. The summed E-state index contributed by atoms with van der Waals surface area (Å²) in [5.74, 6) is -0.115. The number of nitrogens with zero attached hydrogens (tertiary/aromatic N) is 3. The molecule has 1 atom stereocenters. The minimum Gasteiger partial charge on any atom is -0.495 e. The van der Waals surface area contributed by atoms with Crippen molar-refractivity contribution in [1.82, 2.24) is 10.2 Å². The summed E-state index contributed by atoms with van der Waals surface area (Å²) in [4.78, 5) is 13.1. The molecule has 2 aromatic carbocycles. The molecule has 0 saturated carbocycles. The van der Waals surface area contributed by atoms with Crippen molar-refractivity contribution in [2.24, 2.45) is 0 Å². The standard InChI is InChI=1S/C21H23ClN4O4S2/c1-5-17(26(32(4,28)29)15-10-11-18(30-3)16(22)12-15)19(27)23-21-25-24-20(31-21)14-8-6-13(2)7-9-14/h6-12,17H,5H2,1-4H3,(H,23,25,27)/t17-/m0/s1. The van der Waals surface area contributed by atoms with E-state index < -0.39 is 22.0 Å². The zero-order valence-electron chi connectivity index (χ0n) is 18.0. The summed E-state index contributed by atoms with van der Waals surface area (Å²) in [7, 11) is -2.34. The van der Waals surface area contributed by atoms with Crippen LogP contribution >= 0.6 is 22.9 Å². The molecule has 1 heterocycles.